The van der Waals surface area contributed by atoms with Crippen LogP contribution in [0.1, 0.15) is 30.4 Å². The van der Waals surface area contributed by atoms with Gasteiger partial charge in [-0.2, -0.15) is 18.4 Å². The molecule has 2 rings (SSSR count). The van der Waals surface area contributed by atoms with Crippen molar-refractivity contribution in [1.29, 1.82) is 5.26 Å². The second-order valence-corrected chi connectivity index (χ2v) is 3.99. The third-order valence-corrected chi connectivity index (χ3v) is 2.77. The predicted octanol–water partition coefficient (Wildman–Crippen LogP) is 3.51. The SMILES string of the molecule is N#Cc1cc(C(F)(F)F)ccc1OC1CCC1. The smallest absolute Gasteiger partial charge is 0.416 e. The number of benzene rings is 1. The summed E-state index contributed by atoms with van der Waals surface area (Å²) < 4.78 is 42.7. The lowest BCUT2D eigenvalue weighted by Crippen LogP contribution is -2.25. The second kappa shape index (κ2) is 4.28. The first kappa shape index (κ1) is 11.8. The van der Waals surface area contributed by atoms with Crippen molar-refractivity contribution in [3.8, 4) is 11.8 Å². The van der Waals surface area contributed by atoms with Crippen molar-refractivity contribution in [1.82, 2.24) is 0 Å². The molecular formula is C12H10F3NO. The number of halogens is 3. The van der Waals surface area contributed by atoms with Crippen LogP contribution in [0.15, 0.2) is 18.2 Å². The van der Waals surface area contributed by atoms with Crippen LogP contribution in [0, 0.1) is 11.3 Å². The van der Waals surface area contributed by atoms with E-state index in [9.17, 15) is 13.2 Å². The van der Waals surface area contributed by atoms with Gasteiger partial charge >= 0.3 is 6.18 Å². The van der Waals surface area contributed by atoms with Crippen LogP contribution in [-0.4, -0.2) is 6.10 Å². The lowest BCUT2D eigenvalue weighted by Gasteiger charge is -2.26. The van der Waals surface area contributed by atoms with Gasteiger partial charge in [0.2, 0.25) is 0 Å². The molecule has 1 aromatic rings. The summed E-state index contributed by atoms with van der Waals surface area (Å²) in [6.45, 7) is 0. The van der Waals surface area contributed by atoms with Crippen LogP contribution in [-0.2, 0) is 6.18 Å². The Hall–Kier alpha value is -1.70. The van der Waals surface area contributed by atoms with Gasteiger partial charge in [0.1, 0.15) is 11.8 Å². The van der Waals surface area contributed by atoms with Gasteiger partial charge in [-0.3, -0.25) is 0 Å². The third kappa shape index (κ3) is 2.52. The standard InChI is InChI=1S/C12H10F3NO/c13-12(14,15)9-4-5-11(8(6-9)7-16)17-10-2-1-3-10/h4-6,10H,1-3H2. The predicted molar refractivity (Wildman–Crippen MR) is 54.4 cm³/mol. The van der Waals surface area contributed by atoms with Crippen molar-refractivity contribution in [2.24, 2.45) is 0 Å². The molecule has 17 heavy (non-hydrogen) atoms. The summed E-state index contributed by atoms with van der Waals surface area (Å²) in [5.74, 6) is 0.241. The number of alkyl halides is 3. The number of ether oxygens (including phenoxy) is 1. The minimum Gasteiger partial charge on any atom is -0.489 e. The zero-order valence-corrected chi connectivity index (χ0v) is 8.92. The van der Waals surface area contributed by atoms with E-state index < -0.39 is 11.7 Å². The van der Waals surface area contributed by atoms with E-state index in [4.69, 9.17) is 10.00 Å². The van der Waals surface area contributed by atoms with Gasteiger partial charge in [0, 0.05) is 0 Å². The summed E-state index contributed by atoms with van der Waals surface area (Å²) in [6.07, 6.45) is -1.54. The Morgan fingerprint density at radius 3 is 2.47 bits per heavy atom. The normalized spacial score (nSPS) is 16.1. The lowest BCUT2D eigenvalue weighted by atomic mass is 9.96. The summed E-state index contributed by atoms with van der Waals surface area (Å²) in [4.78, 5) is 0. The molecule has 0 spiro atoms. The molecule has 0 heterocycles. The van der Waals surface area contributed by atoms with E-state index in [0.717, 1.165) is 31.4 Å². The summed E-state index contributed by atoms with van der Waals surface area (Å²) in [6, 6.07) is 4.73. The van der Waals surface area contributed by atoms with E-state index in [0.29, 0.717) is 0 Å². The molecule has 1 aromatic carbocycles. The van der Waals surface area contributed by atoms with Crippen LogP contribution in [0.2, 0.25) is 0 Å². The van der Waals surface area contributed by atoms with Gasteiger partial charge in [-0.25, -0.2) is 0 Å². The summed E-state index contributed by atoms with van der Waals surface area (Å²) in [5.41, 5.74) is -0.887. The van der Waals surface area contributed by atoms with Crippen molar-refractivity contribution >= 4 is 0 Å². The molecule has 0 aromatic heterocycles. The topological polar surface area (TPSA) is 33.0 Å². The average Bonchev–Trinajstić information content (AvgIpc) is 2.22. The fourth-order valence-electron chi connectivity index (χ4n) is 1.56. The Balaban J connectivity index is 2.25. The molecule has 0 N–H and O–H groups in total. The van der Waals surface area contributed by atoms with E-state index in [-0.39, 0.29) is 17.4 Å². The molecule has 0 unspecified atom stereocenters. The molecule has 1 aliphatic rings. The van der Waals surface area contributed by atoms with Gasteiger partial charge in [0.15, 0.2) is 0 Å². The summed E-state index contributed by atoms with van der Waals surface area (Å²) >= 11 is 0. The molecule has 1 aliphatic carbocycles. The first-order valence-electron chi connectivity index (χ1n) is 5.28. The number of rotatable bonds is 2. The van der Waals surface area contributed by atoms with Crippen LogP contribution < -0.4 is 4.74 Å². The molecule has 2 nitrogen and oxygen atoms in total. The fourth-order valence-corrected chi connectivity index (χ4v) is 1.56. The van der Waals surface area contributed by atoms with Gasteiger partial charge < -0.3 is 4.74 Å². The Bertz CT molecular complexity index is 458. The zero-order chi connectivity index (χ0) is 12.5. The van der Waals surface area contributed by atoms with Gasteiger partial charge in [-0.1, -0.05) is 0 Å². The Kier molecular flexibility index (Phi) is 2.97. The highest BCUT2D eigenvalue weighted by Crippen LogP contribution is 2.34. The maximum atomic E-state index is 12.4. The van der Waals surface area contributed by atoms with E-state index in [2.05, 4.69) is 0 Å². The van der Waals surface area contributed by atoms with Crippen LogP contribution >= 0.6 is 0 Å². The largest absolute Gasteiger partial charge is 0.489 e. The molecule has 1 fully saturated rings. The Labute approximate surface area is 96.6 Å². The Morgan fingerprint density at radius 2 is 2.00 bits per heavy atom. The van der Waals surface area contributed by atoms with E-state index in [1.165, 1.54) is 6.07 Å². The molecule has 0 bridgehead atoms. The minimum atomic E-state index is -4.43. The second-order valence-electron chi connectivity index (χ2n) is 3.99. The minimum absolute atomic E-state index is 0.0406. The van der Waals surface area contributed by atoms with Crippen molar-refractivity contribution in [3.63, 3.8) is 0 Å². The number of hydrogen-bond donors (Lipinski definition) is 0. The molecule has 0 amide bonds. The first-order valence-corrected chi connectivity index (χ1v) is 5.28. The van der Waals surface area contributed by atoms with Crippen molar-refractivity contribution < 1.29 is 17.9 Å². The van der Waals surface area contributed by atoms with Gasteiger partial charge in [0.05, 0.1) is 17.2 Å². The molecule has 0 saturated heterocycles. The summed E-state index contributed by atoms with van der Waals surface area (Å²) in [7, 11) is 0. The highest BCUT2D eigenvalue weighted by Gasteiger charge is 2.31. The number of nitrogens with zero attached hydrogens (tertiary/aromatic N) is 1. The molecular weight excluding hydrogens is 231 g/mol. The maximum absolute atomic E-state index is 12.4. The van der Waals surface area contributed by atoms with Gasteiger partial charge in [0.25, 0.3) is 0 Å². The third-order valence-electron chi connectivity index (χ3n) is 2.77. The van der Waals surface area contributed by atoms with E-state index >= 15 is 0 Å². The van der Waals surface area contributed by atoms with Crippen LogP contribution in [0.4, 0.5) is 13.2 Å². The zero-order valence-electron chi connectivity index (χ0n) is 8.92. The quantitative estimate of drug-likeness (QED) is 0.793. The number of nitriles is 1. The Morgan fingerprint density at radius 1 is 1.29 bits per heavy atom. The molecule has 1 saturated carbocycles. The fraction of sp³-hybridized carbons (Fsp3) is 0.417. The van der Waals surface area contributed by atoms with Gasteiger partial charge in [-0.15, -0.1) is 0 Å². The molecule has 0 atom stereocenters. The summed E-state index contributed by atoms with van der Waals surface area (Å²) in [5, 5.41) is 8.81. The molecule has 5 heteroatoms. The van der Waals surface area contributed by atoms with Crippen LogP contribution in [0.25, 0.3) is 0 Å². The van der Waals surface area contributed by atoms with Crippen molar-refractivity contribution in [2.45, 2.75) is 31.5 Å². The lowest BCUT2D eigenvalue weighted by molar-refractivity contribution is -0.137. The first-order chi connectivity index (χ1) is 8.00. The van der Waals surface area contributed by atoms with Crippen molar-refractivity contribution in [2.75, 3.05) is 0 Å². The highest BCUT2D eigenvalue weighted by molar-refractivity contribution is 5.46. The van der Waals surface area contributed by atoms with Crippen LogP contribution in [0.5, 0.6) is 5.75 Å². The number of hydrogen-bond acceptors (Lipinski definition) is 2. The van der Waals surface area contributed by atoms with Gasteiger partial charge in [-0.05, 0) is 37.5 Å². The highest BCUT2D eigenvalue weighted by atomic mass is 19.4. The molecule has 0 radical (unpaired) electrons. The van der Waals surface area contributed by atoms with E-state index in [1.807, 2.05) is 0 Å². The average molecular weight is 241 g/mol. The maximum Gasteiger partial charge on any atom is 0.416 e. The monoisotopic (exact) mass is 241 g/mol. The molecule has 0 aliphatic heterocycles. The van der Waals surface area contributed by atoms with E-state index in [1.54, 1.807) is 6.07 Å². The van der Waals surface area contributed by atoms with Crippen LogP contribution in [0.3, 0.4) is 0 Å². The molecule has 90 valence electrons. The van der Waals surface area contributed by atoms with Crippen molar-refractivity contribution in [3.05, 3.63) is 29.3 Å².